The van der Waals surface area contributed by atoms with E-state index in [0.717, 1.165) is 50.8 Å². The van der Waals surface area contributed by atoms with Gasteiger partial charge in [-0.2, -0.15) is 0 Å². The van der Waals surface area contributed by atoms with Crippen LogP contribution in [-0.4, -0.2) is 28.3 Å². The van der Waals surface area contributed by atoms with E-state index in [1.165, 1.54) is 79.6 Å². The molecule has 0 radical (unpaired) electrons. The Morgan fingerprint density at radius 1 is 0.408 bits per heavy atom. The van der Waals surface area contributed by atoms with Crippen LogP contribution in [0.1, 0.15) is 36.8 Å². The van der Waals surface area contributed by atoms with E-state index in [1.54, 1.807) is 0 Å². The van der Waals surface area contributed by atoms with Crippen molar-refractivity contribution in [3.8, 4) is 67.5 Å². The van der Waals surface area contributed by atoms with Crippen molar-refractivity contribution in [1.82, 2.24) is 15.0 Å². The van der Waals surface area contributed by atoms with Gasteiger partial charge in [-0.05, 0) is 127 Å². The summed E-state index contributed by atoms with van der Waals surface area (Å²) in [6.45, 7) is 3.68. The standard InChI is InChI=1S/C66H52N3OP/c1-71(2,70)56-38-31-48(32-39-56)62-59-18-10-8-16-57(59)61(58-17-9-11-19-60(58)62)47-27-34-53(35-28-47)66(42-43-20-33-55(66)40-43)54-36-29-50(30-37-54)64-67-63(49-24-21-46(22-25-49)44-12-4-3-5-13-44)68-65(69-64)52-26-23-45-14-6-7-15-51(45)41-52/h3-19,21-32,34-39,41,43,55H,20,33,40,42H2,1-2H3. The second-order valence-corrected chi connectivity index (χ2v) is 23.5. The Bertz CT molecular complexity index is 3810. The Morgan fingerprint density at radius 3 is 1.34 bits per heavy atom. The summed E-state index contributed by atoms with van der Waals surface area (Å²) in [6.07, 6.45) is 4.98. The van der Waals surface area contributed by atoms with Crippen LogP contribution >= 0.6 is 7.14 Å². The number of aromatic nitrogens is 3. The maximum atomic E-state index is 13.0. The molecule has 10 aromatic carbocycles. The van der Waals surface area contributed by atoms with E-state index in [9.17, 15) is 4.57 Å². The first-order valence-electron chi connectivity index (χ1n) is 25.0. The highest BCUT2D eigenvalue weighted by Crippen LogP contribution is 2.60. The van der Waals surface area contributed by atoms with E-state index in [4.69, 9.17) is 15.0 Å². The zero-order valence-corrected chi connectivity index (χ0v) is 40.9. The molecule has 2 bridgehead atoms. The molecule has 11 aromatic rings. The lowest BCUT2D eigenvalue weighted by Gasteiger charge is -2.39. The van der Waals surface area contributed by atoms with Crippen molar-refractivity contribution < 1.29 is 4.57 Å². The molecule has 0 amide bonds. The van der Waals surface area contributed by atoms with Gasteiger partial charge in [-0.3, -0.25) is 0 Å². The first-order chi connectivity index (χ1) is 34.8. The summed E-state index contributed by atoms with van der Waals surface area (Å²) in [6, 6.07) is 78.8. The van der Waals surface area contributed by atoms with E-state index in [2.05, 4.69) is 200 Å². The second kappa shape index (κ2) is 17.3. The van der Waals surface area contributed by atoms with E-state index in [-0.39, 0.29) is 5.41 Å². The minimum Gasteiger partial charge on any atom is -0.319 e. The third kappa shape index (κ3) is 7.61. The van der Waals surface area contributed by atoms with Crippen LogP contribution in [0.2, 0.25) is 0 Å². The predicted molar refractivity (Wildman–Crippen MR) is 297 cm³/mol. The van der Waals surface area contributed by atoms with Gasteiger partial charge in [0, 0.05) is 27.4 Å². The fourth-order valence-electron chi connectivity index (χ4n) is 12.3. The number of hydrogen-bond acceptors (Lipinski definition) is 4. The number of rotatable bonds is 9. The van der Waals surface area contributed by atoms with Crippen LogP contribution in [0, 0.1) is 11.8 Å². The molecule has 0 saturated heterocycles. The van der Waals surface area contributed by atoms with Gasteiger partial charge in [-0.1, -0.05) is 219 Å². The fourth-order valence-corrected chi connectivity index (χ4v) is 13.2. The first kappa shape index (κ1) is 43.3. The zero-order chi connectivity index (χ0) is 47.7. The van der Waals surface area contributed by atoms with Crippen LogP contribution in [0.3, 0.4) is 0 Å². The number of benzene rings is 10. The molecular formula is C66H52N3OP. The van der Waals surface area contributed by atoms with Crippen LogP contribution in [0.4, 0.5) is 0 Å². The summed E-state index contributed by atoms with van der Waals surface area (Å²) in [7, 11) is -2.37. The van der Waals surface area contributed by atoms with Gasteiger partial charge in [0.1, 0.15) is 7.14 Å². The van der Waals surface area contributed by atoms with Gasteiger partial charge in [0.15, 0.2) is 17.5 Å². The average molecular weight is 934 g/mol. The summed E-state index contributed by atoms with van der Waals surface area (Å²) >= 11 is 0. The molecule has 1 aromatic heterocycles. The smallest absolute Gasteiger partial charge is 0.164 e. The van der Waals surface area contributed by atoms with Crippen LogP contribution in [-0.2, 0) is 9.98 Å². The van der Waals surface area contributed by atoms with E-state index < -0.39 is 7.14 Å². The highest BCUT2D eigenvalue weighted by atomic mass is 31.2. The third-order valence-electron chi connectivity index (χ3n) is 15.8. The molecule has 2 fully saturated rings. The summed E-state index contributed by atoms with van der Waals surface area (Å²) in [5, 5.41) is 8.14. The maximum Gasteiger partial charge on any atom is 0.164 e. The van der Waals surface area contributed by atoms with Crippen molar-refractivity contribution in [2.24, 2.45) is 11.8 Å². The number of hydrogen-bond donors (Lipinski definition) is 0. The Morgan fingerprint density at radius 2 is 0.831 bits per heavy atom. The highest BCUT2D eigenvalue weighted by Gasteiger charge is 2.52. The maximum absolute atomic E-state index is 13.0. The monoisotopic (exact) mass is 933 g/mol. The Kier molecular flexibility index (Phi) is 10.5. The quantitative estimate of drug-likeness (QED) is 0.107. The van der Waals surface area contributed by atoms with Crippen molar-refractivity contribution in [3.63, 3.8) is 0 Å². The molecule has 0 aliphatic heterocycles. The van der Waals surface area contributed by atoms with Crippen LogP contribution in [0.25, 0.3) is 99.9 Å². The van der Waals surface area contributed by atoms with Crippen LogP contribution in [0.15, 0.2) is 218 Å². The van der Waals surface area contributed by atoms with Gasteiger partial charge in [0.2, 0.25) is 0 Å². The predicted octanol–water partition coefficient (Wildman–Crippen LogP) is 16.7. The molecule has 342 valence electrons. The lowest BCUT2D eigenvalue weighted by Crippen LogP contribution is -2.34. The molecule has 1 heterocycles. The highest BCUT2D eigenvalue weighted by molar-refractivity contribution is 7.70. The second-order valence-electron chi connectivity index (χ2n) is 20.3. The molecule has 3 atom stereocenters. The molecule has 0 spiro atoms. The molecule has 13 rings (SSSR count). The summed E-state index contributed by atoms with van der Waals surface area (Å²) in [5.41, 5.74) is 12.7. The Hall–Kier alpha value is -7.78. The van der Waals surface area contributed by atoms with Gasteiger partial charge in [-0.15, -0.1) is 0 Å². The molecule has 3 unspecified atom stereocenters. The lowest BCUT2D eigenvalue weighted by atomic mass is 9.64. The molecule has 2 saturated carbocycles. The third-order valence-corrected chi connectivity index (χ3v) is 17.3. The first-order valence-corrected chi connectivity index (χ1v) is 27.6. The van der Waals surface area contributed by atoms with Gasteiger partial charge in [-0.25, -0.2) is 15.0 Å². The largest absolute Gasteiger partial charge is 0.319 e. The molecule has 5 heteroatoms. The summed E-state index contributed by atoms with van der Waals surface area (Å²) in [5.74, 6) is 3.28. The van der Waals surface area contributed by atoms with Gasteiger partial charge >= 0.3 is 0 Å². The Labute approximate surface area is 415 Å². The average Bonchev–Trinajstić information content (AvgIpc) is 4.06. The van der Waals surface area contributed by atoms with Crippen molar-refractivity contribution in [3.05, 3.63) is 230 Å². The van der Waals surface area contributed by atoms with Crippen molar-refractivity contribution in [2.75, 3.05) is 13.3 Å². The zero-order valence-electron chi connectivity index (χ0n) is 40.0. The van der Waals surface area contributed by atoms with Crippen molar-refractivity contribution in [2.45, 2.75) is 31.1 Å². The van der Waals surface area contributed by atoms with Gasteiger partial charge in [0.05, 0.1) is 0 Å². The van der Waals surface area contributed by atoms with Crippen LogP contribution < -0.4 is 5.30 Å². The van der Waals surface area contributed by atoms with Crippen molar-refractivity contribution >= 4 is 44.8 Å². The minimum absolute atomic E-state index is 0.0813. The van der Waals surface area contributed by atoms with Gasteiger partial charge < -0.3 is 4.57 Å². The minimum atomic E-state index is -2.37. The molecular weight excluding hydrogens is 882 g/mol. The summed E-state index contributed by atoms with van der Waals surface area (Å²) in [4.78, 5) is 15.5. The fraction of sp³-hybridized carbons (Fsp3) is 0.136. The number of fused-ring (bicyclic) bond motifs is 5. The molecule has 0 N–H and O–H groups in total. The van der Waals surface area contributed by atoms with E-state index in [1.807, 2.05) is 31.5 Å². The molecule has 2 aliphatic carbocycles. The van der Waals surface area contributed by atoms with Gasteiger partial charge in [0.25, 0.3) is 0 Å². The normalized spacial score (nSPS) is 17.6. The molecule has 71 heavy (non-hydrogen) atoms. The lowest BCUT2D eigenvalue weighted by molar-refractivity contribution is 0.320. The summed E-state index contributed by atoms with van der Waals surface area (Å²) < 4.78 is 13.0. The molecule has 2 aliphatic rings. The van der Waals surface area contributed by atoms with Crippen LogP contribution in [0.5, 0.6) is 0 Å². The topological polar surface area (TPSA) is 55.7 Å². The van der Waals surface area contributed by atoms with Crippen molar-refractivity contribution in [1.29, 1.82) is 0 Å². The number of nitrogens with zero attached hydrogens (tertiary/aromatic N) is 3. The SMILES string of the molecule is CP(C)(=O)c1ccc(-c2c3ccccc3c(-c3ccc(C4(c5ccc(-c6nc(-c7ccc(-c8ccccc8)cc7)nc(-c7ccc8ccccc8c7)n6)cc5)CC5CCC4C5)cc3)c3ccccc23)cc1. The Balaban J connectivity index is 0.883. The van der Waals surface area contributed by atoms with E-state index >= 15 is 0 Å². The van der Waals surface area contributed by atoms with E-state index in [0.29, 0.717) is 23.4 Å². The molecule has 4 nitrogen and oxygen atoms in total.